The fraction of sp³-hybridized carbons (Fsp3) is 0.429. The van der Waals surface area contributed by atoms with Crippen LogP contribution in [0.15, 0.2) is 17.5 Å². The van der Waals surface area contributed by atoms with Gasteiger partial charge in [-0.3, -0.25) is 4.98 Å². The van der Waals surface area contributed by atoms with Crippen LogP contribution in [0.25, 0.3) is 10.4 Å². The van der Waals surface area contributed by atoms with E-state index in [1.165, 1.54) is 12.4 Å². The van der Waals surface area contributed by atoms with E-state index in [4.69, 9.17) is 10.3 Å². The largest absolute Gasteiger partial charge is 0.474 e. The second-order valence-electron chi connectivity index (χ2n) is 2.57. The molecule has 0 N–H and O–H groups in total. The summed E-state index contributed by atoms with van der Waals surface area (Å²) in [5, 5.41) is 3.30. The van der Waals surface area contributed by atoms with Crippen molar-refractivity contribution in [1.82, 2.24) is 9.97 Å². The number of ether oxygens (including phenoxy) is 1. The van der Waals surface area contributed by atoms with Crippen LogP contribution in [0.4, 0.5) is 5.82 Å². The predicted molar refractivity (Wildman–Crippen MR) is 46.6 cm³/mol. The van der Waals surface area contributed by atoms with Gasteiger partial charge in [0.05, 0.1) is 18.5 Å². The van der Waals surface area contributed by atoms with Gasteiger partial charge < -0.3 is 4.74 Å². The van der Waals surface area contributed by atoms with Crippen LogP contribution in [0.3, 0.4) is 0 Å². The number of rotatable bonds is 3. The van der Waals surface area contributed by atoms with Gasteiger partial charge in [0.25, 0.3) is 0 Å². The lowest BCUT2D eigenvalue weighted by Crippen LogP contribution is -2.06. The molecule has 0 bridgehead atoms. The van der Waals surface area contributed by atoms with Crippen molar-refractivity contribution in [3.05, 3.63) is 22.8 Å². The third-order valence-electron chi connectivity index (χ3n) is 1.10. The van der Waals surface area contributed by atoms with Crippen molar-refractivity contribution in [3.8, 4) is 5.88 Å². The molecule has 0 saturated heterocycles. The van der Waals surface area contributed by atoms with Crippen LogP contribution in [-0.2, 0) is 0 Å². The van der Waals surface area contributed by atoms with Crippen LogP contribution in [0.1, 0.15) is 13.8 Å². The van der Waals surface area contributed by atoms with Crippen LogP contribution in [0, 0.1) is 0 Å². The Hall–Kier alpha value is -1.81. The fourth-order valence-electron chi connectivity index (χ4n) is 0.731. The summed E-state index contributed by atoms with van der Waals surface area (Å²) in [7, 11) is 0. The molecule has 0 aromatic carbocycles. The van der Waals surface area contributed by atoms with Crippen molar-refractivity contribution < 1.29 is 4.74 Å². The average molecular weight is 179 g/mol. The Morgan fingerprint density at radius 3 is 2.92 bits per heavy atom. The van der Waals surface area contributed by atoms with Crippen LogP contribution < -0.4 is 4.74 Å². The van der Waals surface area contributed by atoms with Crippen molar-refractivity contribution in [2.45, 2.75) is 20.0 Å². The summed E-state index contributed by atoms with van der Waals surface area (Å²) in [6.07, 6.45) is 2.86. The molecular weight excluding hydrogens is 170 g/mol. The van der Waals surface area contributed by atoms with E-state index >= 15 is 0 Å². The molecule has 0 aliphatic rings. The standard InChI is InChI=1S/C7H9N5O/c1-5(2)13-7-4-9-3-6(10-7)11-12-8/h3-5H,1-2H3. The van der Waals surface area contributed by atoms with E-state index in [1.807, 2.05) is 13.8 Å². The maximum absolute atomic E-state index is 8.14. The van der Waals surface area contributed by atoms with Crippen LogP contribution in [0.5, 0.6) is 5.88 Å². The van der Waals surface area contributed by atoms with Crippen LogP contribution in [0.2, 0.25) is 0 Å². The molecular formula is C7H9N5O. The van der Waals surface area contributed by atoms with Gasteiger partial charge in [-0.1, -0.05) is 0 Å². The Morgan fingerprint density at radius 2 is 2.31 bits per heavy atom. The molecule has 68 valence electrons. The van der Waals surface area contributed by atoms with Crippen molar-refractivity contribution in [3.63, 3.8) is 0 Å². The number of nitrogens with zero attached hydrogens (tertiary/aromatic N) is 5. The van der Waals surface area contributed by atoms with E-state index in [0.717, 1.165) is 0 Å². The van der Waals surface area contributed by atoms with Crippen molar-refractivity contribution >= 4 is 5.82 Å². The quantitative estimate of drug-likeness (QED) is 0.405. The third-order valence-corrected chi connectivity index (χ3v) is 1.10. The summed E-state index contributed by atoms with van der Waals surface area (Å²) in [5.41, 5.74) is 8.14. The Balaban J connectivity index is 2.85. The summed E-state index contributed by atoms with van der Waals surface area (Å²) in [6.45, 7) is 3.75. The topological polar surface area (TPSA) is 83.8 Å². The lowest BCUT2D eigenvalue weighted by Gasteiger charge is -2.07. The number of hydrogen-bond donors (Lipinski definition) is 0. The minimum Gasteiger partial charge on any atom is -0.474 e. The van der Waals surface area contributed by atoms with Gasteiger partial charge in [0, 0.05) is 4.91 Å². The summed E-state index contributed by atoms with van der Waals surface area (Å²) < 4.78 is 5.24. The molecule has 1 aromatic rings. The van der Waals surface area contributed by atoms with Gasteiger partial charge in [-0.05, 0) is 24.5 Å². The molecule has 0 atom stereocenters. The van der Waals surface area contributed by atoms with Crippen molar-refractivity contribution in [2.75, 3.05) is 0 Å². The zero-order valence-corrected chi connectivity index (χ0v) is 7.38. The summed E-state index contributed by atoms with van der Waals surface area (Å²) in [5.74, 6) is 0.570. The normalized spacial score (nSPS) is 9.46. The lowest BCUT2D eigenvalue weighted by molar-refractivity contribution is 0.232. The molecule has 1 aromatic heterocycles. The molecule has 6 heteroatoms. The monoisotopic (exact) mass is 179 g/mol. The van der Waals surface area contributed by atoms with Crippen LogP contribution >= 0.6 is 0 Å². The molecule has 0 unspecified atom stereocenters. The third kappa shape index (κ3) is 2.96. The van der Waals surface area contributed by atoms with Crippen molar-refractivity contribution in [1.29, 1.82) is 0 Å². The minimum absolute atomic E-state index is 0.0237. The molecule has 0 spiro atoms. The van der Waals surface area contributed by atoms with Gasteiger partial charge in [-0.25, -0.2) is 4.98 Å². The Kier molecular flexibility index (Phi) is 3.05. The minimum atomic E-state index is 0.0237. The van der Waals surface area contributed by atoms with Gasteiger partial charge in [0.1, 0.15) is 5.82 Å². The predicted octanol–water partition coefficient (Wildman–Crippen LogP) is 2.21. The molecule has 0 aliphatic carbocycles. The average Bonchev–Trinajstić information content (AvgIpc) is 2.04. The van der Waals surface area contributed by atoms with E-state index in [9.17, 15) is 0 Å². The first-order valence-corrected chi connectivity index (χ1v) is 3.76. The van der Waals surface area contributed by atoms with Gasteiger partial charge in [-0.2, -0.15) is 0 Å². The van der Waals surface area contributed by atoms with E-state index in [2.05, 4.69) is 20.0 Å². The second kappa shape index (κ2) is 4.27. The SMILES string of the molecule is CC(C)Oc1cncc(N=[N+]=[N-])n1. The van der Waals surface area contributed by atoms with Gasteiger partial charge in [0.2, 0.25) is 5.88 Å². The van der Waals surface area contributed by atoms with Gasteiger partial charge >= 0.3 is 0 Å². The molecule has 13 heavy (non-hydrogen) atoms. The fourth-order valence-corrected chi connectivity index (χ4v) is 0.731. The maximum atomic E-state index is 8.14. The molecule has 1 heterocycles. The molecule has 0 amide bonds. The first-order valence-electron chi connectivity index (χ1n) is 3.76. The van der Waals surface area contributed by atoms with Gasteiger partial charge in [-0.15, -0.1) is 0 Å². The van der Waals surface area contributed by atoms with E-state index in [0.29, 0.717) is 5.88 Å². The smallest absolute Gasteiger partial charge is 0.232 e. The maximum Gasteiger partial charge on any atom is 0.232 e. The summed E-state index contributed by atoms with van der Waals surface area (Å²) >= 11 is 0. The van der Waals surface area contributed by atoms with Crippen molar-refractivity contribution in [2.24, 2.45) is 5.11 Å². The Labute approximate surface area is 75.2 Å². The molecule has 0 aliphatic heterocycles. The number of aromatic nitrogens is 2. The highest BCUT2D eigenvalue weighted by molar-refractivity contribution is 5.25. The summed E-state index contributed by atoms with van der Waals surface area (Å²) in [6, 6.07) is 0. The second-order valence-corrected chi connectivity index (χ2v) is 2.57. The molecule has 1 rings (SSSR count). The highest BCUT2D eigenvalue weighted by atomic mass is 16.5. The first-order chi connectivity index (χ1) is 6.22. The number of azide groups is 1. The van der Waals surface area contributed by atoms with Crippen LogP contribution in [-0.4, -0.2) is 16.1 Å². The van der Waals surface area contributed by atoms with E-state index in [1.54, 1.807) is 0 Å². The highest BCUT2D eigenvalue weighted by Crippen LogP contribution is 2.12. The zero-order valence-electron chi connectivity index (χ0n) is 7.38. The highest BCUT2D eigenvalue weighted by Gasteiger charge is 1.99. The molecule has 0 fully saturated rings. The van der Waals surface area contributed by atoms with E-state index < -0.39 is 0 Å². The van der Waals surface area contributed by atoms with Gasteiger partial charge in [0.15, 0.2) is 0 Å². The molecule has 6 nitrogen and oxygen atoms in total. The Morgan fingerprint density at radius 1 is 1.54 bits per heavy atom. The molecule has 0 saturated carbocycles. The van der Waals surface area contributed by atoms with E-state index in [-0.39, 0.29) is 11.9 Å². The lowest BCUT2D eigenvalue weighted by atomic mass is 10.5. The first kappa shape index (κ1) is 9.28. The number of hydrogen-bond acceptors (Lipinski definition) is 4. The molecule has 0 radical (unpaired) electrons. The zero-order chi connectivity index (χ0) is 9.68. The summed E-state index contributed by atoms with van der Waals surface area (Å²) in [4.78, 5) is 10.3. The Bertz CT molecular complexity index is 331.